The Morgan fingerprint density at radius 3 is 0.925 bits per heavy atom. The minimum atomic E-state index is 1.24. The summed E-state index contributed by atoms with van der Waals surface area (Å²) in [4.78, 5) is 0. The van der Waals surface area contributed by atoms with E-state index in [2.05, 4.69) is 159 Å². The summed E-state index contributed by atoms with van der Waals surface area (Å²) < 4.78 is 0. The Morgan fingerprint density at radius 1 is 0.275 bits per heavy atom. The van der Waals surface area contributed by atoms with Crippen LogP contribution >= 0.6 is 0 Å². The highest BCUT2D eigenvalue weighted by Crippen LogP contribution is 2.44. The third kappa shape index (κ3) is 4.28. The Morgan fingerprint density at radius 2 is 0.575 bits per heavy atom. The minimum Gasteiger partial charge on any atom is -0.0616 e. The van der Waals surface area contributed by atoms with Gasteiger partial charge in [-0.2, -0.15) is 0 Å². The molecule has 7 rings (SSSR count). The van der Waals surface area contributed by atoms with Crippen LogP contribution in [0.1, 0.15) is 11.1 Å². The van der Waals surface area contributed by atoms with Gasteiger partial charge in [-0.05, 0) is 92.0 Å². The average Bonchev–Trinajstić information content (AvgIpc) is 3.00. The molecule has 0 bridgehead atoms. The monoisotopic (exact) mass is 510 g/mol. The number of rotatable bonds is 4. The number of hydrogen-bond acceptors (Lipinski definition) is 0. The molecule has 40 heavy (non-hydrogen) atoms. The summed E-state index contributed by atoms with van der Waals surface area (Å²) in [6.45, 7) is 4.31. The van der Waals surface area contributed by atoms with Crippen molar-refractivity contribution in [3.63, 3.8) is 0 Å². The summed E-state index contributed by atoms with van der Waals surface area (Å²) in [5, 5.41) is 5.11. The lowest BCUT2D eigenvalue weighted by atomic mass is 9.85. The molecule has 0 aliphatic heterocycles. The Hall–Kier alpha value is -4.94. The van der Waals surface area contributed by atoms with E-state index in [1.807, 2.05) is 0 Å². The van der Waals surface area contributed by atoms with E-state index in [1.54, 1.807) is 0 Å². The summed E-state index contributed by atoms with van der Waals surface area (Å²) in [5.41, 5.74) is 12.6. The van der Waals surface area contributed by atoms with Crippen LogP contribution in [0, 0.1) is 13.8 Å². The van der Waals surface area contributed by atoms with Gasteiger partial charge >= 0.3 is 0 Å². The van der Waals surface area contributed by atoms with Gasteiger partial charge in [0.25, 0.3) is 0 Å². The van der Waals surface area contributed by atoms with Gasteiger partial charge in [0.05, 0.1) is 0 Å². The standard InChI is InChI=1S/C40H30/c1-27-11-7-13-29(23-27)31-15-9-17-33(25-31)39-35-19-3-5-21-37(35)40(38-22-6-4-20-36(38)39)34-18-10-16-32(26-34)30-14-8-12-28(2)24-30/h3-26H,1-2H3. The molecule has 0 nitrogen and oxygen atoms in total. The van der Waals surface area contributed by atoms with Gasteiger partial charge in [-0.15, -0.1) is 0 Å². The fourth-order valence-corrected chi connectivity index (χ4v) is 6.11. The van der Waals surface area contributed by atoms with Crippen molar-refractivity contribution in [2.24, 2.45) is 0 Å². The second-order valence-corrected chi connectivity index (χ2v) is 10.7. The molecule has 190 valence electrons. The molecular weight excluding hydrogens is 480 g/mol. The first kappa shape index (κ1) is 24.1. The van der Waals surface area contributed by atoms with Crippen LogP contribution in [0.2, 0.25) is 0 Å². The molecule has 0 fully saturated rings. The summed E-state index contributed by atoms with van der Waals surface area (Å²) in [6.07, 6.45) is 0. The van der Waals surface area contributed by atoms with Crippen molar-refractivity contribution in [3.05, 3.63) is 157 Å². The maximum absolute atomic E-state index is 2.35. The fraction of sp³-hybridized carbons (Fsp3) is 0.0500. The Kier molecular flexibility index (Phi) is 6.02. The normalized spacial score (nSPS) is 11.2. The van der Waals surface area contributed by atoms with E-state index in [-0.39, 0.29) is 0 Å². The van der Waals surface area contributed by atoms with Crippen LogP contribution in [0.25, 0.3) is 66.1 Å². The molecule has 0 amide bonds. The van der Waals surface area contributed by atoms with E-state index < -0.39 is 0 Å². The van der Waals surface area contributed by atoms with Gasteiger partial charge in [-0.25, -0.2) is 0 Å². The highest BCUT2D eigenvalue weighted by Gasteiger charge is 2.17. The molecule has 7 aromatic carbocycles. The van der Waals surface area contributed by atoms with Gasteiger partial charge in [0.15, 0.2) is 0 Å². The van der Waals surface area contributed by atoms with E-state index in [0.29, 0.717) is 0 Å². The summed E-state index contributed by atoms with van der Waals surface area (Å²) >= 11 is 0. The SMILES string of the molecule is Cc1cccc(-c2cccc(-c3c4ccccc4c(-c4cccc(-c5cccc(C)c5)c4)c4ccccc34)c2)c1. The zero-order valence-electron chi connectivity index (χ0n) is 22.9. The molecule has 0 saturated heterocycles. The summed E-state index contributed by atoms with van der Waals surface area (Å²) in [5.74, 6) is 0. The quantitative estimate of drug-likeness (QED) is 0.207. The molecule has 0 aliphatic carbocycles. The predicted molar refractivity (Wildman–Crippen MR) is 173 cm³/mol. The molecule has 0 spiro atoms. The predicted octanol–water partition coefficient (Wildman–Crippen LogP) is 11.3. The van der Waals surface area contributed by atoms with Crippen molar-refractivity contribution in [2.75, 3.05) is 0 Å². The maximum atomic E-state index is 2.35. The van der Waals surface area contributed by atoms with Crippen LogP contribution in [0.3, 0.4) is 0 Å². The van der Waals surface area contributed by atoms with E-state index in [0.717, 1.165) is 0 Å². The lowest BCUT2D eigenvalue weighted by Gasteiger charge is -2.18. The van der Waals surface area contributed by atoms with Crippen LogP contribution in [0.5, 0.6) is 0 Å². The summed E-state index contributed by atoms with van der Waals surface area (Å²) in [6, 6.07) is 53.3. The zero-order chi connectivity index (χ0) is 27.1. The molecular formula is C40H30. The first-order chi connectivity index (χ1) is 19.7. The van der Waals surface area contributed by atoms with Gasteiger partial charge in [-0.3, -0.25) is 0 Å². The van der Waals surface area contributed by atoms with E-state index in [9.17, 15) is 0 Å². The van der Waals surface area contributed by atoms with Crippen molar-refractivity contribution in [2.45, 2.75) is 13.8 Å². The molecule has 0 heterocycles. The molecule has 7 aromatic rings. The van der Waals surface area contributed by atoms with Crippen molar-refractivity contribution in [3.8, 4) is 44.5 Å². The van der Waals surface area contributed by atoms with Crippen molar-refractivity contribution < 1.29 is 0 Å². The van der Waals surface area contributed by atoms with Crippen molar-refractivity contribution in [1.29, 1.82) is 0 Å². The zero-order valence-corrected chi connectivity index (χ0v) is 22.9. The Bertz CT molecular complexity index is 1820. The van der Waals surface area contributed by atoms with Gasteiger partial charge in [0, 0.05) is 0 Å². The number of hydrogen-bond donors (Lipinski definition) is 0. The van der Waals surface area contributed by atoms with Gasteiger partial charge in [0.1, 0.15) is 0 Å². The Balaban J connectivity index is 1.49. The largest absolute Gasteiger partial charge is 0.0616 e. The second kappa shape index (κ2) is 9.98. The topological polar surface area (TPSA) is 0 Å². The molecule has 0 saturated carbocycles. The third-order valence-electron chi connectivity index (χ3n) is 7.94. The highest BCUT2D eigenvalue weighted by molar-refractivity contribution is 6.21. The third-order valence-corrected chi connectivity index (χ3v) is 7.94. The average molecular weight is 511 g/mol. The van der Waals surface area contributed by atoms with Gasteiger partial charge in [-0.1, -0.05) is 145 Å². The van der Waals surface area contributed by atoms with Crippen LogP contribution in [-0.4, -0.2) is 0 Å². The minimum absolute atomic E-state index is 1.24. The first-order valence-electron chi connectivity index (χ1n) is 13.9. The molecule has 0 aromatic heterocycles. The van der Waals surface area contributed by atoms with Crippen LogP contribution < -0.4 is 0 Å². The van der Waals surface area contributed by atoms with Crippen LogP contribution in [0.15, 0.2) is 146 Å². The van der Waals surface area contributed by atoms with Crippen LogP contribution in [0.4, 0.5) is 0 Å². The first-order valence-corrected chi connectivity index (χ1v) is 13.9. The van der Waals surface area contributed by atoms with Crippen molar-refractivity contribution in [1.82, 2.24) is 0 Å². The number of fused-ring (bicyclic) bond motifs is 2. The second-order valence-electron chi connectivity index (χ2n) is 10.7. The lowest BCUT2D eigenvalue weighted by molar-refractivity contribution is 1.47. The van der Waals surface area contributed by atoms with Gasteiger partial charge in [0.2, 0.25) is 0 Å². The van der Waals surface area contributed by atoms with E-state index in [1.165, 1.54) is 77.2 Å². The molecule has 0 atom stereocenters. The maximum Gasteiger partial charge on any atom is -0.00262 e. The Labute approximate surface area is 236 Å². The molecule has 0 aliphatic rings. The summed E-state index contributed by atoms with van der Waals surface area (Å²) in [7, 11) is 0. The number of aryl methyl sites for hydroxylation is 2. The molecule has 0 heteroatoms. The smallest absolute Gasteiger partial charge is 0.00262 e. The van der Waals surface area contributed by atoms with Gasteiger partial charge < -0.3 is 0 Å². The van der Waals surface area contributed by atoms with Crippen molar-refractivity contribution >= 4 is 21.5 Å². The number of benzene rings is 7. The van der Waals surface area contributed by atoms with Crippen LogP contribution in [-0.2, 0) is 0 Å². The van der Waals surface area contributed by atoms with E-state index in [4.69, 9.17) is 0 Å². The van der Waals surface area contributed by atoms with E-state index >= 15 is 0 Å². The molecule has 0 unspecified atom stereocenters. The lowest BCUT2D eigenvalue weighted by Crippen LogP contribution is -1.91. The highest BCUT2D eigenvalue weighted by atomic mass is 14.2. The molecule has 0 N–H and O–H groups in total. The molecule has 0 radical (unpaired) electrons. The fourth-order valence-electron chi connectivity index (χ4n) is 6.11.